The molecule has 2 bridgehead atoms. The second kappa shape index (κ2) is 9.57. The number of aliphatic hydroxyl groups is 1. The lowest BCUT2D eigenvalue weighted by Crippen LogP contribution is -2.63. The van der Waals surface area contributed by atoms with Crippen LogP contribution in [0.1, 0.15) is 40.1 Å². The predicted octanol–water partition coefficient (Wildman–Crippen LogP) is 5.96. The minimum atomic E-state index is -1.47. The van der Waals surface area contributed by atoms with Crippen molar-refractivity contribution in [2.24, 2.45) is 11.8 Å². The highest BCUT2D eigenvalue weighted by Crippen LogP contribution is 2.61. The number of halogens is 2. The number of carbonyl (C=O) groups is 2. The number of benzene rings is 3. The zero-order valence-corrected chi connectivity index (χ0v) is 23.8. The van der Waals surface area contributed by atoms with Crippen LogP contribution < -0.4 is 4.90 Å². The van der Waals surface area contributed by atoms with Crippen LogP contribution in [0.15, 0.2) is 81.7 Å². The molecule has 1 aliphatic heterocycles. The molecule has 1 fully saturated rings. The van der Waals surface area contributed by atoms with Crippen LogP contribution in [0, 0.1) is 11.8 Å². The molecular weight excluding hydrogens is 602 g/mol. The Bertz CT molecular complexity index is 1350. The highest BCUT2D eigenvalue weighted by molar-refractivity contribution is 9.10. The summed E-state index contributed by atoms with van der Waals surface area (Å²) in [6.07, 6.45) is -0.901. The van der Waals surface area contributed by atoms with E-state index in [1.54, 1.807) is 48.5 Å². The van der Waals surface area contributed by atoms with E-state index in [9.17, 15) is 14.7 Å². The van der Waals surface area contributed by atoms with Gasteiger partial charge in [0.25, 0.3) is 0 Å². The lowest BCUT2D eigenvalue weighted by atomic mass is 9.77. The normalized spacial score (nSPS) is 27.9. The van der Waals surface area contributed by atoms with Crippen molar-refractivity contribution in [1.82, 2.24) is 0 Å². The summed E-state index contributed by atoms with van der Waals surface area (Å²) < 4.78 is 13.7. The third-order valence-electron chi connectivity index (χ3n) is 8.18. The van der Waals surface area contributed by atoms with Crippen molar-refractivity contribution < 1.29 is 24.2 Å². The summed E-state index contributed by atoms with van der Waals surface area (Å²) in [6, 6.07) is 21.5. The highest BCUT2D eigenvalue weighted by Gasteiger charge is 2.71. The number of nitrogens with zero attached hydrogens (tertiary/aromatic N) is 1. The molecule has 5 rings (SSSR count). The Balaban J connectivity index is 1.51. The Hall–Kier alpha value is -2.68. The topological polar surface area (TPSA) is 76.1 Å². The zero-order chi connectivity index (χ0) is 26.5. The maximum Gasteiger partial charge on any atom is 0.338 e. The van der Waals surface area contributed by atoms with Crippen LogP contribution in [0.3, 0.4) is 0 Å². The fourth-order valence-corrected chi connectivity index (χ4v) is 6.51. The average molecular weight is 629 g/mol. The molecule has 5 atom stereocenters. The van der Waals surface area contributed by atoms with Crippen LogP contribution in [0.5, 0.6) is 0 Å². The third kappa shape index (κ3) is 4.10. The van der Waals surface area contributed by atoms with Crippen LogP contribution in [0.25, 0.3) is 0 Å². The molecule has 0 radical (unpaired) electrons. The fourth-order valence-electron chi connectivity index (χ4n) is 5.99. The molecule has 6 nitrogen and oxygen atoms in total. The Morgan fingerprint density at radius 1 is 0.919 bits per heavy atom. The summed E-state index contributed by atoms with van der Waals surface area (Å²) in [6.45, 7) is 3.95. The van der Waals surface area contributed by atoms with E-state index in [1.165, 1.54) is 0 Å². The second-order valence-corrected chi connectivity index (χ2v) is 11.8. The van der Waals surface area contributed by atoms with Gasteiger partial charge in [-0.3, -0.25) is 0 Å². The number of hydrogen-bond acceptors (Lipinski definition) is 6. The first kappa shape index (κ1) is 25.9. The zero-order valence-electron chi connectivity index (χ0n) is 20.7. The standard InChI is InChI=1S/C29H27Br2NO5/c1-17-23(16-36-25(33)18-8-12-20(30)13-9-18)28(2)27(37-26(34)19-10-14-21(31)15-11-19)29(17,35)22-6-4-5-7-24(22)32(28)3/h4-15,17,23,27,35H,16H2,1-3H3/t17-,23-,27-,28-,29+/m0/s1. The first-order valence-electron chi connectivity index (χ1n) is 12.0. The summed E-state index contributed by atoms with van der Waals surface area (Å²) in [5, 5.41) is 12.4. The van der Waals surface area contributed by atoms with Crippen molar-refractivity contribution in [2.75, 3.05) is 18.6 Å². The molecule has 0 aromatic heterocycles. The van der Waals surface area contributed by atoms with Gasteiger partial charge in [0.05, 0.1) is 23.3 Å². The SMILES string of the molecule is C[C@H]1[C@H](COC(=O)c2ccc(Br)cc2)[C@@]2(C)[C@H](OC(=O)c3ccc(Br)cc3)[C@]1(O)c1ccccc1N2C. The summed E-state index contributed by atoms with van der Waals surface area (Å²) in [5.41, 5.74) is 0.0537. The van der Waals surface area contributed by atoms with Crippen molar-refractivity contribution in [2.45, 2.75) is 31.1 Å². The number of likely N-dealkylation sites (N-methyl/N-ethyl adjacent to an activating group) is 1. The Labute approximate surface area is 232 Å². The molecule has 2 aliphatic rings. The van der Waals surface area contributed by atoms with Gasteiger partial charge < -0.3 is 19.5 Å². The van der Waals surface area contributed by atoms with Crippen LogP contribution in [-0.2, 0) is 15.1 Å². The molecule has 0 saturated heterocycles. The summed E-state index contributed by atoms with van der Waals surface area (Å²) >= 11 is 6.76. The maximum atomic E-state index is 13.3. The van der Waals surface area contributed by atoms with Crippen LogP contribution in [0.4, 0.5) is 5.69 Å². The molecule has 0 spiro atoms. The van der Waals surface area contributed by atoms with Gasteiger partial charge in [0.15, 0.2) is 6.10 Å². The van der Waals surface area contributed by atoms with Gasteiger partial charge in [0, 0.05) is 39.1 Å². The van der Waals surface area contributed by atoms with Crippen LogP contribution >= 0.6 is 31.9 Å². The molecule has 1 saturated carbocycles. The summed E-state index contributed by atoms with van der Waals surface area (Å²) in [4.78, 5) is 28.2. The fraction of sp³-hybridized carbons (Fsp3) is 0.310. The van der Waals surface area contributed by atoms with Gasteiger partial charge >= 0.3 is 11.9 Å². The van der Waals surface area contributed by atoms with Crippen molar-refractivity contribution in [3.63, 3.8) is 0 Å². The van der Waals surface area contributed by atoms with Gasteiger partial charge in [0.1, 0.15) is 5.60 Å². The number of esters is 2. The maximum absolute atomic E-state index is 13.3. The van der Waals surface area contributed by atoms with Gasteiger partial charge in [-0.25, -0.2) is 9.59 Å². The molecule has 1 N–H and O–H groups in total. The number of fused-ring (bicyclic) bond motifs is 4. The predicted molar refractivity (Wildman–Crippen MR) is 148 cm³/mol. The van der Waals surface area contributed by atoms with E-state index in [1.807, 2.05) is 45.2 Å². The van der Waals surface area contributed by atoms with E-state index in [-0.39, 0.29) is 18.4 Å². The average Bonchev–Trinajstić information content (AvgIpc) is 3.03. The molecule has 1 aliphatic carbocycles. The number of anilines is 1. The lowest BCUT2D eigenvalue weighted by Gasteiger charge is -2.51. The number of carbonyl (C=O) groups excluding carboxylic acids is 2. The first-order valence-corrected chi connectivity index (χ1v) is 13.6. The van der Waals surface area contributed by atoms with Crippen molar-refractivity contribution in [1.29, 1.82) is 0 Å². The minimum absolute atomic E-state index is 0.0551. The molecule has 3 aromatic rings. The van der Waals surface area contributed by atoms with Gasteiger partial charge in [-0.1, -0.05) is 57.0 Å². The van der Waals surface area contributed by atoms with Gasteiger partial charge in [-0.2, -0.15) is 0 Å². The molecule has 1 heterocycles. The monoisotopic (exact) mass is 627 g/mol. The van der Waals surface area contributed by atoms with Crippen molar-refractivity contribution >= 4 is 49.5 Å². The Kier molecular flexibility index (Phi) is 6.71. The van der Waals surface area contributed by atoms with Gasteiger partial charge in [0.2, 0.25) is 0 Å². The van der Waals surface area contributed by atoms with Crippen LogP contribution in [-0.4, -0.2) is 42.3 Å². The highest BCUT2D eigenvalue weighted by atomic mass is 79.9. The summed E-state index contributed by atoms with van der Waals surface area (Å²) in [5.74, 6) is -1.68. The Morgan fingerprint density at radius 2 is 1.46 bits per heavy atom. The molecule has 3 aromatic carbocycles. The van der Waals surface area contributed by atoms with Crippen molar-refractivity contribution in [3.8, 4) is 0 Å². The summed E-state index contributed by atoms with van der Waals surface area (Å²) in [7, 11) is 1.93. The third-order valence-corrected chi connectivity index (χ3v) is 9.23. The molecular formula is C29H27Br2NO5. The van der Waals surface area contributed by atoms with Gasteiger partial charge in [-0.05, 0) is 61.5 Å². The second-order valence-electron chi connectivity index (χ2n) is 9.92. The molecule has 0 unspecified atom stereocenters. The van der Waals surface area contributed by atoms with E-state index < -0.39 is 29.2 Å². The van der Waals surface area contributed by atoms with Crippen LogP contribution in [0.2, 0.25) is 0 Å². The van der Waals surface area contributed by atoms with E-state index in [0.717, 1.165) is 14.6 Å². The molecule has 8 heteroatoms. The van der Waals surface area contributed by atoms with E-state index >= 15 is 0 Å². The van der Waals surface area contributed by atoms with E-state index in [2.05, 4.69) is 36.8 Å². The number of para-hydroxylation sites is 1. The number of rotatable bonds is 5. The largest absolute Gasteiger partial charge is 0.462 e. The lowest BCUT2D eigenvalue weighted by molar-refractivity contribution is -0.109. The van der Waals surface area contributed by atoms with E-state index in [4.69, 9.17) is 9.47 Å². The Morgan fingerprint density at radius 3 is 2.05 bits per heavy atom. The van der Waals surface area contributed by atoms with E-state index in [0.29, 0.717) is 16.7 Å². The molecule has 37 heavy (non-hydrogen) atoms. The quantitative estimate of drug-likeness (QED) is 0.352. The smallest absolute Gasteiger partial charge is 0.338 e. The number of ether oxygens (including phenoxy) is 2. The van der Waals surface area contributed by atoms with Gasteiger partial charge in [-0.15, -0.1) is 0 Å². The first-order chi connectivity index (χ1) is 17.6. The van der Waals surface area contributed by atoms with Crippen molar-refractivity contribution in [3.05, 3.63) is 98.4 Å². The minimum Gasteiger partial charge on any atom is -0.462 e. The molecule has 0 amide bonds. The molecule has 192 valence electrons. The number of hydrogen-bond donors (Lipinski definition) is 1.